The predicted molar refractivity (Wildman–Crippen MR) is 84.6 cm³/mol. The zero-order chi connectivity index (χ0) is 15.4. The Kier molecular flexibility index (Phi) is 3.93. The van der Waals surface area contributed by atoms with Crippen molar-refractivity contribution >= 4 is 12.0 Å². The zero-order valence-corrected chi connectivity index (χ0v) is 11.9. The van der Waals surface area contributed by atoms with E-state index in [4.69, 9.17) is 9.84 Å². The van der Waals surface area contributed by atoms with E-state index in [2.05, 4.69) is 11.8 Å². The summed E-state index contributed by atoms with van der Waals surface area (Å²) in [6, 6.07) is 15.3. The van der Waals surface area contributed by atoms with Gasteiger partial charge in [0.05, 0.1) is 6.61 Å². The van der Waals surface area contributed by atoms with Gasteiger partial charge in [-0.3, -0.25) is 0 Å². The Morgan fingerprint density at radius 2 is 1.82 bits per heavy atom. The van der Waals surface area contributed by atoms with Crippen molar-refractivity contribution in [3.8, 4) is 17.6 Å². The summed E-state index contributed by atoms with van der Waals surface area (Å²) in [7, 11) is 0. The minimum absolute atomic E-state index is 0.354. The number of carbonyl (C=O) groups is 1. The molecule has 0 radical (unpaired) electrons. The molecule has 1 aliphatic heterocycles. The number of fused-ring (bicyclic) bond motifs is 1. The van der Waals surface area contributed by atoms with Crippen LogP contribution in [-0.2, 0) is 4.79 Å². The number of hydrogen-bond donors (Lipinski definition) is 1. The van der Waals surface area contributed by atoms with Crippen molar-refractivity contribution in [1.82, 2.24) is 0 Å². The smallest absolute Gasteiger partial charge is 0.331 e. The van der Waals surface area contributed by atoms with Gasteiger partial charge in [0.1, 0.15) is 5.75 Å². The molecule has 0 saturated carbocycles. The van der Waals surface area contributed by atoms with Crippen molar-refractivity contribution in [2.24, 2.45) is 0 Å². The van der Waals surface area contributed by atoms with Gasteiger partial charge < -0.3 is 9.84 Å². The first-order chi connectivity index (χ1) is 10.7. The second kappa shape index (κ2) is 6.19. The van der Waals surface area contributed by atoms with Gasteiger partial charge in [-0.1, -0.05) is 30.0 Å². The SMILES string of the molecule is O=C(O)C1=Cc2cc(C#Cc3ccccc3)ccc2OCC1. The van der Waals surface area contributed by atoms with Crippen molar-refractivity contribution < 1.29 is 14.6 Å². The second-order valence-electron chi connectivity index (χ2n) is 4.94. The Balaban J connectivity index is 1.95. The summed E-state index contributed by atoms with van der Waals surface area (Å²) in [5.41, 5.74) is 2.88. The number of rotatable bonds is 1. The molecule has 0 unspecified atom stereocenters. The lowest BCUT2D eigenvalue weighted by atomic mass is 10.1. The molecule has 2 aromatic rings. The van der Waals surface area contributed by atoms with E-state index in [0.29, 0.717) is 24.4 Å². The fraction of sp³-hybridized carbons (Fsp3) is 0.105. The lowest BCUT2D eigenvalue weighted by Gasteiger charge is -2.05. The van der Waals surface area contributed by atoms with Crippen LogP contribution >= 0.6 is 0 Å². The van der Waals surface area contributed by atoms with Gasteiger partial charge in [-0.15, -0.1) is 0 Å². The maximum Gasteiger partial charge on any atom is 0.331 e. The highest BCUT2D eigenvalue weighted by Gasteiger charge is 2.14. The van der Waals surface area contributed by atoms with Crippen molar-refractivity contribution in [3.63, 3.8) is 0 Å². The quantitative estimate of drug-likeness (QED) is 0.819. The molecule has 0 amide bonds. The normalized spacial score (nSPS) is 12.8. The van der Waals surface area contributed by atoms with Gasteiger partial charge in [0.15, 0.2) is 0 Å². The Morgan fingerprint density at radius 3 is 2.59 bits per heavy atom. The van der Waals surface area contributed by atoms with Crippen molar-refractivity contribution in [3.05, 3.63) is 70.8 Å². The minimum atomic E-state index is -0.905. The molecule has 2 aromatic carbocycles. The highest BCUT2D eigenvalue weighted by Crippen LogP contribution is 2.26. The molecule has 3 rings (SSSR count). The van der Waals surface area contributed by atoms with Crippen molar-refractivity contribution in [2.45, 2.75) is 6.42 Å². The summed E-state index contributed by atoms with van der Waals surface area (Å²) in [4.78, 5) is 11.2. The molecule has 1 heterocycles. The van der Waals surface area contributed by atoms with Crippen LogP contribution in [-0.4, -0.2) is 17.7 Å². The molecule has 0 atom stereocenters. The van der Waals surface area contributed by atoms with Gasteiger partial charge in [-0.2, -0.15) is 0 Å². The highest BCUT2D eigenvalue weighted by molar-refractivity contribution is 5.93. The number of aliphatic carboxylic acids is 1. The van der Waals surface area contributed by atoms with Crippen molar-refractivity contribution in [1.29, 1.82) is 0 Å². The molecule has 0 saturated heterocycles. The Labute approximate surface area is 128 Å². The first kappa shape index (κ1) is 14.0. The number of benzene rings is 2. The average molecular weight is 290 g/mol. The lowest BCUT2D eigenvalue weighted by Crippen LogP contribution is -2.03. The third kappa shape index (κ3) is 3.18. The summed E-state index contributed by atoms with van der Waals surface area (Å²) in [5.74, 6) is 5.97. The molecule has 0 bridgehead atoms. The van der Waals surface area contributed by atoms with Crippen molar-refractivity contribution in [2.75, 3.05) is 6.61 Å². The van der Waals surface area contributed by atoms with Crippen LogP contribution in [0.1, 0.15) is 23.1 Å². The minimum Gasteiger partial charge on any atom is -0.493 e. The first-order valence-electron chi connectivity index (χ1n) is 7.00. The van der Waals surface area contributed by atoms with E-state index in [-0.39, 0.29) is 0 Å². The number of ether oxygens (including phenoxy) is 1. The van der Waals surface area contributed by atoms with Crippen LogP contribution in [0, 0.1) is 11.8 Å². The molecule has 0 aliphatic carbocycles. The van der Waals surface area contributed by atoms with E-state index in [1.165, 1.54) is 0 Å². The molecular weight excluding hydrogens is 276 g/mol. The molecular formula is C19H14O3. The molecule has 22 heavy (non-hydrogen) atoms. The van der Waals surface area contributed by atoms with Crippen LogP contribution in [0.3, 0.4) is 0 Å². The van der Waals surface area contributed by atoms with Gasteiger partial charge in [-0.25, -0.2) is 4.79 Å². The first-order valence-corrected chi connectivity index (χ1v) is 7.00. The lowest BCUT2D eigenvalue weighted by molar-refractivity contribution is -0.132. The van der Waals surface area contributed by atoms with E-state index < -0.39 is 5.97 Å². The third-order valence-electron chi connectivity index (χ3n) is 3.37. The highest BCUT2D eigenvalue weighted by atomic mass is 16.5. The van der Waals surface area contributed by atoms with Gasteiger partial charge >= 0.3 is 5.97 Å². The average Bonchev–Trinajstić information content (AvgIpc) is 2.76. The summed E-state index contributed by atoms with van der Waals surface area (Å²) in [5, 5.41) is 9.16. The predicted octanol–water partition coefficient (Wildman–Crippen LogP) is 3.34. The van der Waals surface area contributed by atoms with Crippen LogP contribution in [0.25, 0.3) is 6.08 Å². The number of carboxylic acids is 1. The van der Waals surface area contributed by atoms with E-state index in [0.717, 1.165) is 16.7 Å². The van der Waals surface area contributed by atoms with Gasteiger partial charge in [0.25, 0.3) is 0 Å². The Hall–Kier alpha value is -2.99. The molecule has 3 heteroatoms. The maximum atomic E-state index is 11.2. The van der Waals surface area contributed by atoms with Gasteiger partial charge in [-0.05, 0) is 36.4 Å². The molecule has 1 N–H and O–H groups in total. The summed E-state index contributed by atoms with van der Waals surface area (Å²) < 4.78 is 5.58. The number of hydrogen-bond acceptors (Lipinski definition) is 2. The fourth-order valence-corrected chi connectivity index (χ4v) is 2.24. The summed E-state index contributed by atoms with van der Waals surface area (Å²) in [6.07, 6.45) is 2.06. The van der Waals surface area contributed by atoms with E-state index in [1.54, 1.807) is 6.08 Å². The van der Waals surface area contributed by atoms with E-state index >= 15 is 0 Å². The van der Waals surface area contributed by atoms with Crippen LogP contribution in [0.2, 0.25) is 0 Å². The fourth-order valence-electron chi connectivity index (χ4n) is 2.24. The largest absolute Gasteiger partial charge is 0.493 e. The third-order valence-corrected chi connectivity index (χ3v) is 3.37. The molecule has 1 aliphatic rings. The summed E-state index contributed by atoms with van der Waals surface area (Å²) in [6.45, 7) is 0.375. The van der Waals surface area contributed by atoms with Crippen LogP contribution in [0.5, 0.6) is 5.75 Å². The van der Waals surface area contributed by atoms with Gasteiger partial charge in [0.2, 0.25) is 0 Å². The summed E-state index contributed by atoms with van der Waals surface area (Å²) >= 11 is 0. The second-order valence-corrected chi connectivity index (χ2v) is 4.94. The Morgan fingerprint density at radius 1 is 1.05 bits per heavy atom. The van der Waals surface area contributed by atoms with E-state index in [1.807, 2.05) is 48.5 Å². The molecule has 0 fully saturated rings. The van der Waals surface area contributed by atoms with Crippen LogP contribution < -0.4 is 4.74 Å². The Bertz CT molecular complexity index is 792. The molecule has 108 valence electrons. The van der Waals surface area contributed by atoms with Crippen LogP contribution in [0.4, 0.5) is 0 Å². The molecule has 0 spiro atoms. The topological polar surface area (TPSA) is 46.5 Å². The van der Waals surface area contributed by atoms with E-state index in [9.17, 15) is 4.79 Å². The monoisotopic (exact) mass is 290 g/mol. The zero-order valence-electron chi connectivity index (χ0n) is 11.9. The number of carboxylic acid groups (broad SMARTS) is 1. The maximum absolute atomic E-state index is 11.2. The standard InChI is InChI=1S/C19H14O3/c20-19(21)16-10-11-22-18-9-8-15(12-17(18)13-16)7-6-14-4-2-1-3-5-14/h1-5,8-9,12-13H,10-11H2,(H,20,21). The molecule has 0 aromatic heterocycles. The van der Waals surface area contributed by atoms with Crippen LogP contribution in [0.15, 0.2) is 54.1 Å². The molecule has 3 nitrogen and oxygen atoms in total. The van der Waals surface area contributed by atoms with Gasteiger partial charge in [0, 0.05) is 28.7 Å².